The first-order valence-electron chi connectivity index (χ1n) is 9.21. The minimum Gasteiger partial charge on any atom is -0.368 e. The summed E-state index contributed by atoms with van der Waals surface area (Å²) in [7, 11) is 0. The second-order valence-electron chi connectivity index (χ2n) is 6.72. The second-order valence-corrected chi connectivity index (χ2v) is 7.13. The van der Waals surface area contributed by atoms with Gasteiger partial charge in [0, 0.05) is 43.6 Å². The van der Waals surface area contributed by atoms with Crippen LogP contribution in [0.15, 0.2) is 54.6 Å². The van der Waals surface area contributed by atoms with Crippen LogP contribution in [-0.4, -0.2) is 36.1 Å². The SMILES string of the molecule is Cc1nc(Nc2ccc(F)c(Cl)c2)cc(N2CCN(c3ccccc3)CC2)n1. The predicted molar refractivity (Wildman–Crippen MR) is 112 cm³/mol. The molecule has 3 aromatic rings. The van der Waals surface area contributed by atoms with Gasteiger partial charge in [0.2, 0.25) is 0 Å². The number of hydrogen-bond donors (Lipinski definition) is 1. The van der Waals surface area contributed by atoms with Crippen LogP contribution in [0, 0.1) is 12.7 Å². The maximum Gasteiger partial charge on any atom is 0.141 e. The van der Waals surface area contributed by atoms with Gasteiger partial charge in [-0.1, -0.05) is 29.8 Å². The third-order valence-electron chi connectivity index (χ3n) is 4.74. The number of hydrogen-bond acceptors (Lipinski definition) is 5. The maximum absolute atomic E-state index is 13.4. The van der Waals surface area contributed by atoms with Crippen molar-refractivity contribution in [2.75, 3.05) is 41.3 Å². The van der Waals surface area contributed by atoms with E-state index in [1.54, 1.807) is 12.1 Å². The molecule has 1 saturated heterocycles. The van der Waals surface area contributed by atoms with Crippen LogP contribution >= 0.6 is 11.6 Å². The van der Waals surface area contributed by atoms with Gasteiger partial charge in [0.1, 0.15) is 23.3 Å². The van der Waals surface area contributed by atoms with Crippen molar-refractivity contribution < 1.29 is 4.39 Å². The maximum atomic E-state index is 13.4. The van der Waals surface area contributed by atoms with Gasteiger partial charge in [-0.15, -0.1) is 0 Å². The number of piperazine rings is 1. The summed E-state index contributed by atoms with van der Waals surface area (Å²) in [6.45, 7) is 5.50. The smallest absolute Gasteiger partial charge is 0.141 e. The Morgan fingerprint density at radius 1 is 0.929 bits per heavy atom. The van der Waals surface area contributed by atoms with Gasteiger partial charge in [-0.3, -0.25) is 0 Å². The van der Waals surface area contributed by atoms with Crippen molar-refractivity contribution in [2.24, 2.45) is 0 Å². The molecule has 0 bridgehead atoms. The third kappa shape index (κ3) is 4.17. The number of para-hydroxylation sites is 1. The molecule has 0 unspecified atom stereocenters. The lowest BCUT2D eigenvalue weighted by Crippen LogP contribution is -2.46. The molecule has 1 aromatic heterocycles. The van der Waals surface area contributed by atoms with Crippen molar-refractivity contribution >= 4 is 34.6 Å². The lowest BCUT2D eigenvalue weighted by Gasteiger charge is -2.36. The van der Waals surface area contributed by atoms with Crippen molar-refractivity contribution in [3.8, 4) is 0 Å². The second kappa shape index (κ2) is 8.02. The van der Waals surface area contributed by atoms with E-state index in [9.17, 15) is 4.39 Å². The molecule has 1 fully saturated rings. The van der Waals surface area contributed by atoms with Gasteiger partial charge < -0.3 is 15.1 Å². The summed E-state index contributed by atoms with van der Waals surface area (Å²) in [6.07, 6.45) is 0. The first-order valence-corrected chi connectivity index (χ1v) is 9.59. The number of nitrogens with one attached hydrogen (secondary N) is 1. The van der Waals surface area contributed by atoms with E-state index in [1.807, 2.05) is 19.1 Å². The molecule has 1 aliphatic rings. The Labute approximate surface area is 168 Å². The number of aryl methyl sites for hydroxylation is 1. The highest BCUT2D eigenvalue weighted by molar-refractivity contribution is 6.31. The highest BCUT2D eigenvalue weighted by Crippen LogP contribution is 2.25. The monoisotopic (exact) mass is 397 g/mol. The summed E-state index contributed by atoms with van der Waals surface area (Å²) in [5.74, 6) is 1.79. The normalized spacial score (nSPS) is 14.2. The summed E-state index contributed by atoms with van der Waals surface area (Å²) in [4.78, 5) is 13.7. The molecular weight excluding hydrogens is 377 g/mol. The zero-order valence-corrected chi connectivity index (χ0v) is 16.3. The van der Waals surface area contributed by atoms with E-state index >= 15 is 0 Å². The lowest BCUT2D eigenvalue weighted by atomic mass is 10.2. The van der Waals surface area contributed by atoms with E-state index in [-0.39, 0.29) is 5.02 Å². The molecule has 4 rings (SSSR count). The average molecular weight is 398 g/mol. The molecule has 5 nitrogen and oxygen atoms in total. The van der Waals surface area contributed by atoms with Crippen LogP contribution in [-0.2, 0) is 0 Å². The van der Waals surface area contributed by atoms with Gasteiger partial charge >= 0.3 is 0 Å². The Kier molecular flexibility index (Phi) is 5.30. The molecule has 2 aromatic carbocycles. The quantitative estimate of drug-likeness (QED) is 0.694. The minimum atomic E-state index is -0.442. The fourth-order valence-electron chi connectivity index (χ4n) is 3.33. The van der Waals surface area contributed by atoms with Crippen LogP contribution in [0.3, 0.4) is 0 Å². The molecule has 144 valence electrons. The predicted octanol–water partition coefficient (Wildman–Crippen LogP) is 4.65. The van der Waals surface area contributed by atoms with Crippen LogP contribution in [0.25, 0.3) is 0 Å². The van der Waals surface area contributed by atoms with Gasteiger partial charge in [0.25, 0.3) is 0 Å². The van der Waals surface area contributed by atoms with E-state index in [1.165, 1.54) is 11.8 Å². The molecule has 7 heteroatoms. The molecule has 0 aliphatic carbocycles. The van der Waals surface area contributed by atoms with Crippen molar-refractivity contribution in [3.05, 3.63) is 71.3 Å². The highest BCUT2D eigenvalue weighted by atomic mass is 35.5. The van der Waals surface area contributed by atoms with Gasteiger partial charge in [-0.25, -0.2) is 14.4 Å². The summed E-state index contributed by atoms with van der Waals surface area (Å²) in [6, 6.07) is 16.9. The summed E-state index contributed by atoms with van der Waals surface area (Å²) in [5, 5.41) is 3.26. The number of rotatable bonds is 4. The Morgan fingerprint density at radius 2 is 1.64 bits per heavy atom. The summed E-state index contributed by atoms with van der Waals surface area (Å²) >= 11 is 5.87. The molecule has 1 N–H and O–H groups in total. The molecule has 0 spiro atoms. The largest absolute Gasteiger partial charge is 0.368 e. The molecule has 1 aliphatic heterocycles. The Balaban J connectivity index is 1.47. The van der Waals surface area contributed by atoms with Crippen LogP contribution in [0.5, 0.6) is 0 Å². The topological polar surface area (TPSA) is 44.3 Å². The van der Waals surface area contributed by atoms with Crippen molar-refractivity contribution in [2.45, 2.75) is 6.92 Å². The number of anilines is 4. The van der Waals surface area contributed by atoms with Crippen molar-refractivity contribution in [1.82, 2.24) is 9.97 Å². The van der Waals surface area contributed by atoms with Crippen molar-refractivity contribution in [1.29, 1.82) is 0 Å². The van der Waals surface area contributed by atoms with Gasteiger partial charge in [-0.05, 0) is 37.3 Å². The first kappa shape index (κ1) is 18.5. The third-order valence-corrected chi connectivity index (χ3v) is 5.03. The molecule has 0 atom stereocenters. The lowest BCUT2D eigenvalue weighted by molar-refractivity contribution is 0.628. The number of nitrogens with zero attached hydrogens (tertiary/aromatic N) is 4. The Bertz CT molecular complexity index is 958. The van der Waals surface area contributed by atoms with Crippen LogP contribution in [0.1, 0.15) is 5.82 Å². The number of aromatic nitrogens is 2. The van der Waals surface area contributed by atoms with E-state index in [2.05, 4.69) is 49.4 Å². The molecule has 2 heterocycles. The van der Waals surface area contributed by atoms with Crippen LogP contribution < -0.4 is 15.1 Å². The van der Waals surface area contributed by atoms with E-state index < -0.39 is 5.82 Å². The molecule has 28 heavy (non-hydrogen) atoms. The van der Waals surface area contributed by atoms with Crippen molar-refractivity contribution in [3.63, 3.8) is 0 Å². The highest BCUT2D eigenvalue weighted by Gasteiger charge is 2.19. The summed E-state index contributed by atoms with van der Waals surface area (Å²) in [5.41, 5.74) is 1.93. The van der Waals surface area contributed by atoms with E-state index in [0.29, 0.717) is 17.3 Å². The zero-order chi connectivity index (χ0) is 19.5. The standard InChI is InChI=1S/C21H21ClFN5/c1-15-24-20(26-16-7-8-19(23)18(22)13-16)14-21(25-15)28-11-9-27(10-12-28)17-5-3-2-4-6-17/h2-8,13-14H,9-12H2,1H3,(H,24,25,26). The molecule has 0 amide bonds. The first-order chi connectivity index (χ1) is 13.6. The molecular formula is C21H21ClFN5. The van der Waals surface area contributed by atoms with Gasteiger partial charge in [-0.2, -0.15) is 0 Å². The fourth-order valence-corrected chi connectivity index (χ4v) is 3.51. The zero-order valence-electron chi connectivity index (χ0n) is 15.6. The van der Waals surface area contributed by atoms with Crippen LogP contribution in [0.4, 0.5) is 27.4 Å². The van der Waals surface area contributed by atoms with E-state index in [0.717, 1.165) is 32.0 Å². The van der Waals surface area contributed by atoms with E-state index in [4.69, 9.17) is 11.6 Å². The van der Waals surface area contributed by atoms with Gasteiger partial charge in [0.05, 0.1) is 5.02 Å². The van der Waals surface area contributed by atoms with Gasteiger partial charge in [0.15, 0.2) is 0 Å². The molecule has 0 radical (unpaired) electrons. The Hall–Kier alpha value is -2.86. The average Bonchev–Trinajstić information content (AvgIpc) is 2.71. The fraction of sp³-hybridized carbons (Fsp3) is 0.238. The molecule has 0 saturated carbocycles. The Morgan fingerprint density at radius 3 is 2.36 bits per heavy atom. The minimum absolute atomic E-state index is 0.0769. The summed E-state index contributed by atoms with van der Waals surface area (Å²) < 4.78 is 13.4. The number of benzene rings is 2. The van der Waals surface area contributed by atoms with Crippen LogP contribution in [0.2, 0.25) is 5.02 Å². The number of halogens is 2.